The van der Waals surface area contributed by atoms with E-state index in [2.05, 4.69) is 0 Å². The first-order chi connectivity index (χ1) is 5.16. The summed E-state index contributed by atoms with van der Waals surface area (Å²) in [5.74, 6) is -0.649. The van der Waals surface area contributed by atoms with Gasteiger partial charge in [0.15, 0.2) is 0 Å². The van der Waals surface area contributed by atoms with Crippen molar-refractivity contribution in [2.75, 3.05) is 0 Å². The fourth-order valence-corrected chi connectivity index (χ4v) is 1.16. The summed E-state index contributed by atoms with van der Waals surface area (Å²) in [6, 6.07) is 2.38. The second-order valence-electron chi connectivity index (χ2n) is 1.96. The van der Waals surface area contributed by atoms with Gasteiger partial charge in [0, 0.05) is 10.6 Å². The van der Waals surface area contributed by atoms with Crippen LogP contribution in [0, 0.1) is 5.82 Å². The van der Waals surface area contributed by atoms with Gasteiger partial charge in [0.05, 0.1) is 5.02 Å². The van der Waals surface area contributed by atoms with Gasteiger partial charge in [0.2, 0.25) is 0 Å². The average molecular weight is 197 g/mol. The normalized spacial score (nSPS) is 10.2. The number of hydrogen-bond acceptors (Lipinski definition) is 0. The lowest BCUT2D eigenvalue weighted by atomic mass is 10.2. The maximum absolute atomic E-state index is 12.6. The molecule has 0 radical (unpaired) electrons. The second kappa shape index (κ2) is 3.37. The number of benzene rings is 1. The first-order valence-electron chi connectivity index (χ1n) is 2.85. The van der Waals surface area contributed by atoms with Crippen molar-refractivity contribution < 1.29 is 8.78 Å². The zero-order chi connectivity index (χ0) is 8.43. The molecule has 0 saturated heterocycles. The zero-order valence-corrected chi connectivity index (χ0v) is 6.89. The first kappa shape index (κ1) is 8.75. The summed E-state index contributed by atoms with van der Waals surface area (Å²) in [6.07, 6.45) is 0. The Morgan fingerprint density at radius 1 is 1.27 bits per heavy atom. The van der Waals surface area contributed by atoms with Gasteiger partial charge in [-0.2, -0.15) is 0 Å². The second-order valence-corrected chi connectivity index (χ2v) is 2.74. The monoisotopic (exact) mass is 196 g/mol. The van der Waals surface area contributed by atoms with E-state index in [1.54, 1.807) is 0 Å². The van der Waals surface area contributed by atoms with E-state index in [0.29, 0.717) is 0 Å². The highest BCUT2D eigenvalue weighted by molar-refractivity contribution is 6.36. The summed E-state index contributed by atoms with van der Waals surface area (Å²) >= 11 is 10.9. The predicted octanol–water partition coefficient (Wildman–Crippen LogP) is 3.60. The van der Waals surface area contributed by atoms with Crippen LogP contribution in [-0.2, 0) is 6.67 Å². The van der Waals surface area contributed by atoms with Crippen molar-refractivity contribution in [1.82, 2.24) is 0 Å². The van der Waals surface area contributed by atoms with Crippen LogP contribution >= 0.6 is 23.2 Å². The average Bonchev–Trinajstić information content (AvgIpc) is 1.99. The van der Waals surface area contributed by atoms with Gasteiger partial charge in [-0.1, -0.05) is 23.2 Å². The zero-order valence-electron chi connectivity index (χ0n) is 5.37. The van der Waals surface area contributed by atoms with Crippen LogP contribution in [-0.4, -0.2) is 0 Å². The Hall–Kier alpha value is -0.340. The van der Waals surface area contributed by atoms with Gasteiger partial charge in [0.25, 0.3) is 0 Å². The van der Waals surface area contributed by atoms with Gasteiger partial charge in [0.1, 0.15) is 12.5 Å². The third kappa shape index (κ3) is 1.63. The molecule has 0 spiro atoms. The minimum absolute atomic E-state index is 0.00772. The molecule has 0 N–H and O–H groups in total. The van der Waals surface area contributed by atoms with Gasteiger partial charge < -0.3 is 0 Å². The molecule has 0 aliphatic rings. The minimum atomic E-state index is -0.852. The van der Waals surface area contributed by atoms with E-state index in [-0.39, 0.29) is 15.6 Å². The molecule has 0 aliphatic carbocycles. The van der Waals surface area contributed by atoms with Crippen molar-refractivity contribution in [1.29, 1.82) is 0 Å². The molecule has 0 bridgehead atoms. The molecular formula is C7H4Cl2F2. The fraction of sp³-hybridized carbons (Fsp3) is 0.143. The van der Waals surface area contributed by atoms with E-state index in [4.69, 9.17) is 23.2 Å². The molecule has 0 atom stereocenters. The molecule has 0 fully saturated rings. The summed E-state index contributed by atoms with van der Waals surface area (Å²) in [7, 11) is 0. The van der Waals surface area contributed by atoms with Crippen LogP contribution in [0.1, 0.15) is 5.56 Å². The highest BCUT2D eigenvalue weighted by Gasteiger charge is 2.09. The Kier molecular flexibility index (Phi) is 2.68. The Balaban J connectivity index is 3.29. The molecule has 0 heterocycles. The Morgan fingerprint density at radius 2 is 1.91 bits per heavy atom. The number of rotatable bonds is 1. The third-order valence-electron chi connectivity index (χ3n) is 1.27. The molecule has 0 saturated carbocycles. The van der Waals surface area contributed by atoms with E-state index in [0.717, 1.165) is 6.07 Å². The highest BCUT2D eigenvalue weighted by Crippen LogP contribution is 2.27. The number of hydrogen-bond donors (Lipinski definition) is 0. The van der Waals surface area contributed by atoms with Gasteiger partial charge in [-0.3, -0.25) is 0 Å². The van der Waals surface area contributed by atoms with Crippen LogP contribution in [0.25, 0.3) is 0 Å². The molecule has 0 aliphatic heterocycles. The van der Waals surface area contributed by atoms with Crippen LogP contribution in [0.2, 0.25) is 10.0 Å². The molecule has 0 nitrogen and oxygen atoms in total. The van der Waals surface area contributed by atoms with Crippen LogP contribution in [0.5, 0.6) is 0 Å². The summed E-state index contributed by atoms with van der Waals surface area (Å²) in [4.78, 5) is 0. The molecule has 0 amide bonds. The largest absolute Gasteiger partial charge is 0.246 e. The van der Waals surface area contributed by atoms with E-state index in [9.17, 15) is 8.78 Å². The van der Waals surface area contributed by atoms with Gasteiger partial charge in [-0.05, 0) is 12.1 Å². The van der Waals surface area contributed by atoms with Crippen molar-refractivity contribution in [2.45, 2.75) is 6.67 Å². The van der Waals surface area contributed by atoms with E-state index >= 15 is 0 Å². The Bertz CT molecular complexity index is 273. The number of alkyl halides is 1. The van der Waals surface area contributed by atoms with Gasteiger partial charge in [-0.25, -0.2) is 8.78 Å². The van der Waals surface area contributed by atoms with Crippen LogP contribution < -0.4 is 0 Å². The SMILES string of the molecule is FCc1c(Cl)ccc(F)c1Cl. The molecule has 60 valence electrons. The van der Waals surface area contributed by atoms with Crippen molar-refractivity contribution in [3.05, 3.63) is 33.6 Å². The summed E-state index contributed by atoms with van der Waals surface area (Å²) < 4.78 is 24.7. The van der Waals surface area contributed by atoms with E-state index in [1.807, 2.05) is 0 Å². The van der Waals surface area contributed by atoms with Gasteiger partial charge >= 0.3 is 0 Å². The molecule has 1 aromatic carbocycles. The molecular weight excluding hydrogens is 193 g/mol. The lowest BCUT2D eigenvalue weighted by Gasteiger charge is -2.01. The van der Waals surface area contributed by atoms with Crippen LogP contribution in [0.4, 0.5) is 8.78 Å². The van der Waals surface area contributed by atoms with E-state index < -0.39 is 12.5 Å². The van der Waals surface area contributed by atoms with Crippen LogP contribution in [0.15, 0.2) is 12.1 Å². The van der Waals surface area contributed by atoms with Crippen molar-refractivity contribution >= 4 is 23.2 Å². The topological polar surface area (TPSA) is 0 Å². The lowest BCUT2D eigenvalue weighted by Crippen LogP contribution is -1.86. The maximum atomic E-state index is 12.6. The lowest BCUT2D eigenvalue weighted by molar-refractivity contribution is 0.482. The Morgan fingerprint density at radius 3 is 2.36 bits per heavy atom. The molecule has 4 heteroatoms. The first-order valence-corrected chi connectivity index (χ1v) is 3.60. The van der Waals surface area contributed by atoms with E-state index in [1.165, 1.54) is 6.07 Å². The standard InChI is InChI=1S/C7H4Cl2F2/c8-5-1-2-6(11)7(9)4(5)3-10/h1-2H,3H2. The Labute approximate surface area is 72.7 Å². The highest BCUT2D eigenvalue weighted by atomic mass is 35.5. The summed E-state index contributed by atoms with van der Waals surface area (Å²) in [5, 5.41) is -0.0844. The number of halogens is 4. The van der Waals surface area contributed by atoms with Crippen molar-refractivity contribution in [3.8, 4) is 0 Å². The molecule has 0 aromatic heterocycles. The summed E-state index contributed by atoms with van der Waals surface area (Å²) in [6.45, 7) is -0.852. The van der Waals surface area contributed by atoms with Crippen molar-refractivity contribution in [2.24, 2.45) is 0 Å². The minimum Gasteiger partial charge on any atom is -0.246 e. The quantitative estimate of drug-likeness (QED) is 0.603. The maximum Gasteiger partial charge on any atom is 0.142 e. The summed E-state index contributed by atoms with van der Waals surface area (Å²) in [5.41, 5.74) is 0.00772. The molecule has 0 unspecified atom stereocenters. The fourth-order valence-electron chi connectivity index (χ4n) is 0.692. The molecule has 11 heavy (non-hydrogen) atoms. The van der Waals surface area contributed by atoms with Crippen molar-refractivity contribution in [3.63, 3.8) is 0 Å². The molecule has 1 rings (SSSR count). The smallest absolute Gasteiger partial charge is 0.142 e. The third-order valence-corrected chi connectivity index (χ3v) is 2.04. The van der Waals surface area contributed by atoms with Gasteiger partial charge in [-0.15, -0.1) is 0 Å². The predicted molar refractivity (Wildman–Crippen MR) is 41.2 cm³/mol. The van der Waals surface area contributed by atoms with Crippen LogP contribution in [0.3, 0.4) is 0 Å². The molecule has 1 aromatic rings.